The fourth-order valence-corrected chi connectivity index (χ4v) is 2.02. The van der Waals surface area contributed by atoms with Gasteiger partial charge in [-0.1, -0.05) is 0 Å². The van der Waals surface area contributed by atoms with E-state index in [4.69, 9.17) is 14.7 Å². The molecule has 0 saturated carbocycles. The first-order valence-electron chi connectivity index (χ1n) is 6.67. The van der Waals surface area contributed by atoms with Gasteiger partial charge in [0.1, 0.15) is 11.5 Å². The van der Waals surface area contributed by atoms with Gasteiger partial charge in [-0.25, -0.2) is 5.48 Å². The summed E-state index contributed by atoms with van der Waals surface area (Å²) in [5.74, 6) is 0.984. The molecule has 2 aromatic carbocycles. The van der Waals surface area contributed by atoms with E-state index in [1.165, 1.54) is 0 Å². The first kappa shape index (κ1) is 15.7. The second-order valence-corrected chi connectivity index (χ2v) is 4.55. The predicted molar refractivity (Wildman–Crippen MR) is 82.6 cm³/mol. The van der Waals surface area contributed by atoms with Crippen molar-refractivity contribution >= 4 is 11.6 Å². The molecule has 0 atom stereocenters. The largest absolute Gasteiger partial charge is 0.497 e. The molecular formula is C16H18N2O4. The second kappa shape index (κ2) is 7.33. The predicted octanol–water partition coefficient (Wildman–Crippen LogP) is 2.43. The number of nitrogens with one attached hydrogen (secondary N) is 2. The number of hydrogen-bond acceptors (Lipinski definition) is 5. The van der Waals surface area contributed by atoms with Crippen LogP contribution in [0.1, 0.15) is 15.9 Å². The van der Waals surface area contributed by atoms with E-state index in [-0.39, 0.29) is 0 Å². The molecule has 0 spiro atoms. The molecule has 0 aliphatic rings. The van der Waals surface area contributed by atoms with Crippen molar-refractivity contribution in [3.63, 3.8) is 0 Å². The maximum Gasteiger partial charge on any atom is 0.274 e. The Morgan fingerprint density at radius 2 is 1.82 bits per heavy atom. The third-order valence-electron chi connectivity index (χ3n) is 3.22. The Labute approximate surface area is 128 Å². The van der Waals surface area contributed by atoms with Crippen LogP contribution in [0.3, 0.4) is 0 Å². The van der Waals surface area contributed by atoms with Crippen LogP contribution >= 0.6 is 0 Å². The summed E-state index contributed by atoms with van der Waals surface area (Å²) in [7, 11) is 3.23. The number of carbonyl (C=O) groups is 1. The third-order valence-corrected chi connectivity index (χ3v) is 3.22. The lowest BCUT2D eigenvalue weighted by Gasteiger charge is -2.12. The fraction of sp³-hybridized carbons (Fsp3) is 0.188. The average Bonchev–Trinajstić information content (AvgIpc) is 2.59. The molecule has 22 heavy (non-hydrogen) atoms. The van der Waals surface area contributed by atoms with Gasteiger partial charge in [-0.05, 0) is 42.5 Å². The quantitative estimate of drug-likeness (QED) is 0.564. The highest BCUT2D eigenvalue weighted by Gasteiger charge is 2.06. The van der Waals surface area contributed by atoms with Gasteiger partial charge >= 0.3 is 0 Å². The topological polar surface area (TPSA) is 79.8 Å². The van der Waals surface area contributed by atoms with Crippen LogP contribution in [0.5, 0.6) is 11.5 Å². The molecule has 0 saturated heterocycles. The number of carbonyl (C=O) groups excluding carboxylic acids is 1. The van der Waals surface area contributed by atoms with E-state index in [0.29, 0.717) is 12.1 Å². The van der Waals surface area contributed by atoms with Crippen LogP contribution in [0.2, 0.25) is 0 Å². The summed E-state index contributed by atoms with van der Waals surface area (Å²) in [6.45, 7) is 0.548. The van der Waals surface area contributed by atoms with Crippen molar-refractivity contribution in [2.75, 3.05) is 19.5 Å². The molecule has 116 valence electrons. The molecule has 2 rings (SSSR count). The molecule has 6 nitrogen and oxygen atoms in total. The van der Waals surface area contributed by atoms with Crippen LogP contribution in [0.4, 0.5) is 5.69 Å². The van der Waals surface area contributed by atoms with Gasteiger partial charge in [0, 0.05) is 23.4 Å². The Hall–Kier alpha value is -2.73. The van der Waals surface area contributed by atoms with Crippen LogP contribution in [-0.4, -0.2) is 25.3 Å². The zero-order chi connectivity index (χ0) is 15.9. The van der Waals surface area contributed by atoms with E-state index in [9.17, 15) is 4.79 Å². The van der Waals surface area contributed by atoms with E-state index in [0.717, 1.165) is 22.7 Å². The first-order valence-corrected chi connectivity index (χ1v) is 6.67. The van der Waals surface area contributed by atoms with Crippen molar-refractivity contribution < 1.29 is 19.5 Å². The third kappa shape index (κ3) is 3.67. The van der Waals surface area contributed by atoms with Crippen LogP contribution < -0.4 is 20.3 Å². The summed E-state index contributed by atoms with van der Waals surface area (Å²) >= 11 is 0. The maximum atomic E-state index is 11.2. The van der Waals surface area contributed by atoms with Gasteiger partial charge < -0.3 is 14.8 Å². The number of benzene rings is 2. The van der Waals surface area contributed by atoms with Gasteiger partial charge in [0.25, 0.3) is 5.91 Å². The highest BCUT2D eigenvalue weighted by molar-refractivity contribution is 5.93. The molecule has 0 aliphatic carbocycles. The summed E-state index contributed by atoms with van der Waals surface area (Å²) in [6.07, 6.45) is 0. The minimum atomic E-state index is -0.541. The van der Waals surface area contributed by atoms with Gasteiger partial charge in [0.05, 0.1) is 14.2 Å². The van der Waals surface area contributed by atoms with Crippen LogP contribution in [0.25, 0.3) is 0 Å². The molecule has 6 heteroatoms. The van der Waals surface area contributed by atoms with Crippen molar-refractivity contribution in [1.82, 2.24) is 5.48 Å². The van der Waals surface area contributed by atoms with Gasteiger partial charge in [-0.2, -0.15) is 0 Å². The SMILES string of the molecule is COc1ccc(OC)c(CNc2ccc(C(=O)NO)cc2)c1. The number of hydroxylamine groups is 1. The molecule has 0 aliphatic heterocycles. The Bertz CT molecular complexity index is 641. The molecule has 0 radical (unpaired) electrons. The zero-order valence-electron chi connectivity index (χ0n) is 12.4. The normalized spacial score (nSPS) is 9.95. The fourth-order valence-electron chi connectivity index (χ4n) is 2.02. The first-order chi connectivity index (χ1) is 10.7. The number of ether oxygens (including phenoxy) is 2. The Kier molecular flexibility index (Phi) is 5.21. The summed E-state index contributed by atoms with van der Waals surface area (Å²) in [4.78, 5) is 11.2. The molecule has 3 N–H and O–H groups in total. The Morgan fingerprint density at radius 1 is 1.09 bits per heavy atom. The maximum absolute atomic E-state index is 11.2. The minimum absolute atomic E-state index is 0.381. The van der Waals surface area contributed by atoms with E-state index < -0.39 is 5.91 Å². The number of amides is 1. The van der Waals surface area contributed by atoms with E-state index in [2.05, 4.69) is 5.32 Å². The summed E-state index contributed by atoms with van der Waals surface area (Å²) in [5, 5.41) is 11.8. The van der Waals surface area contributed by atoms with E-state index in [1.54, 1.807) is 44.0 Å². The molecular weight excluding hydrogens is 284 g/mol. The molecule has 2 aromatic rings. The monoisotopic (exact) mass is 302 g/mol. The molecule has 1 amide bonds. The van der Waals surface area contributed by atoms with Crippen molar-refractivity contribution in [1.29, 1.82) is 0 Å². The molecule has 0 fully saturated rings. The number of hydrogen-bond donors (Lipinski definition) is 3. The molecule has 0 unspecified atom stereocenters. The highest BCUT2D eigenvalue weighted by Crippen LogP contribution is 2.24. The standard InChI is InChI=1S/C16H18N2O4/c1-21-14-7-8-15(22-2)12(9-14)10-17-13-5-3-11(4-6-13)16(19)18-20/h3-9,17,20H,10H2,1-2H3,(H,18,19). The van der Waals surface area contributed by atoms with Gasteiger partial charge in [0.2, 0.25) is 0 Å². The summed E-state index contributed by atoms with van der Waals surface area (Å²) in [6, 6.07) is 12.4. The zero-order valence-corrected chi connectivity index (χ0v) is 12.4. The molecule has 0 heterocycles. The average molecular weight is 302 g/mol. The van der Waals surface area contributed by atoms with Crippen LogP contribution in [0, 0.1) is 0 Å². The lowest BCUT2D eigenvalue weighted by molar-refractivity contribution is 0.0706. The second-order valence-electron chi connectivity index (χ2n) is 4.55. The van der Waals surface area contributed by atoms with Crippen LogP contribution in [-0.2, 0) is 6.54 Å². The molecule has 0 aromatic heterocycles. The van der Waals surface area contributed by atoms with Crippen molar-refractivity contribution in [2.45, 2.75) is 6.54 Å². The summed E-state index contributed by atoms with van der Waals surface area (Å²) in [5.41, 5.74) is 3.78. The Morgan fingerprint density at radius 3 is 2.41 bits per heavy atom. The van der Waals surface area contributed by atoms with Crippen molar-refractivity contribution in [2.24, 2.45) is 0 Å². The van der Waals surface area contributed by atoms with E-state index in [1.807, 2.05) is 18.2 Å². The lowest BCUT2D eigenvalue weighted by Crippen LogP contribution is -2.18. The van der Waals surface area contributed by atoms with Crippen LogP contribution in [0.15, 0.2) is 42.5 Å². The van der Waals surface area contributed by atoms with E-state index >= 15 is 0 Å². The Balaban J connectivity index is 2.08. The highest BCUT2D eigenvalue weighted by atomic mass is 16.5. The number of rotatable bonds is 6. The molecule has 0 bridgehead atoms. The number of methoxy groups -OCH3 is 2. The van der Waals surface area contributed by atoms with Crippen molar-refractivity contribution in [3.8, 4) is 11.5 Å². The van der Waals surface area contributed by atoms with Gasteiger partial charge in [-0.15, -0.1) is 0 Å². The number of anilines is 1. The van der Waals surface area contributed by atoms with Crippen molar-refractivity contribution in [3.05, 3.63) is 53.6 Å². The smallest absolute Gasteiger partial charge is 0.274 e. The van der Waals surface area contributed by atoms with Gasteiger partial charge in [-0.3, -0.25) is 10.0 Å². The minimum Gasteiger partial charge on any atom is -0.497 e. The van der Waals surface area contributed by atoms with Gasteiger partial charge in [0.15, 0.2) is 0 Å². The summed E-state index contributed by atoms with van der Waals surface area (Å²) < 4.78 is 10.5. The lowest BCUT2D eigenvalue weighted by atomic mass is 10.1.